The summed E-state index contributed by atoms with van der Waals surface area (Å²) in [4.78, 5) is 4.78. The van der Waals surface area contributed by atoms with Crippen molar-refractivity contribution in [3.05, 3.63) is 90.1 Å². The van der Waals surface area contributed by atoms with E-state index < -0.39 is 0 Å². The van der Waals surface area contributed by atoms with Crippen molar-refractivity contribution in [3.8, 4) is 22.6 Å². The van der Waals surface area contributed by atoms with Gasteiger partial charge in [-0.1, -0.05) is 64.1 Å². The van der Waals surface area contributed by atoms with Crippen LogP contribution in [-0.2, 0) is 0 Å². The third-order valence-corrected chi connectivity index (χ3v) is 6.68. The van der Waals surface area contributed by atoms with Gasteiger partial charge in [-0.25, -0.2) is 0 Å². The molecule has 6 aromatic rings. The molecule has 3 aromatic heterocycles. The molecule has 3 heteroatoms. The smallest absolute Gasteiger partial charge is 0.144 e. The molecule has 0 amide bonds. The molecule has 0 atom stereocenters. The van der Waals surface area contributed by atoms with Crippen LogP contribution in [0.2, 0.25) is 0 Å². The number of hydrogen-bond acceptors (Lipinski definition) is 3. The molecule has 168 valence electrons. The Bertz CT molecular complexity index is 1640. The van der Waals surface area contributed by atoms with E-state index in [4.69, 9.17) is 13.8 Å². The molecule has 0 aliphatic heterocycles. The van der Waals surface area contributed by atoms with Gasteiger partial charge in [0.1, 0.15) is 22.5 Å². The molecule has 34 heavy (non-hydrogen) atoms. The number of rotatable bonds is 4. The Balaban J connectivity index is 1.48. The Morgan fingerprint density at radius 3 is 2.18 bits per heavy atom. The number of pyridine rings is 1. The summed E-state index contributed by atoms with van der Waals surface area (Å²) < 4.78 is 12.6. The molecule has 0 radical (unpaired) electrons. The van der Waals surface area contributed by atoms with Crippen molar-refractivity contribution >= 4 is 32.9 Å². The molecular formula is C31H27NO2. The minimum absolute atomic E-state index is 0.458. The second kappa shape index (κ2) is 7.88. The van der Waals surface area contributed by atoms with Crippen molar-refractivity contribution in [2.45, 2.75) is 39.5 Å². The van der Waals surface area contributed by atoms with E-state index in [1.54, 1.807) is 0 Å². The van der Waals surface area contributed by atoms with E-state index in [1.807, 2.05) is 30.5 Å². The topological polar surface area (TPSA) is 39.2 Å². The van der Waals surface area contributed by atoms with Crippen molar-refractivity contribution in [3.63, 3.8) is 0 Å². The average Bonchev–Trinajstić information content (AvgIpc) is 3.44. The van der Waals surface area contributed by atoms with Crippen LogP contribution in [-0.4, -0.2) is 4.98 Å². The van der Waals surface area contributed by atoms with Crippen LogP contribution in [0.3, 0.4) is 0 Å². The van der Waals surface area contributed by atoms with Crippen molar-refractivity contribution in [1.29, 1.82) is 0 Å². The number of aromatic nitrogens is 1. The maximum Gasteiger partial charge on any atom is 0.144 e. The zero-order chi connectivity index (χ0) is 23.4. The van der Waals surface area contributed by atoms with Crippen molar-refractivity contribution in [1.82, 2.24) is 4.98 Å². The standard InChI is InChI=1S/C31H27NO2/c1-18(2)20-12-21(19(3)4)14-22(13-20)29-15-23-17-32-27(16-30(23)33-29)26-10-7-9-25-24-8-5-6-11-28(24)34-31(25)26/h5-19H,1-4H3. The molecule has 0 unspecified atom stereocenters. The molecule has 0 aliphatic carbocycles. The summed E-state index contributed by atoms with van der Waals surface area (Å²) in [5.74, 6) is 1.79. The summed E-state index contributed by atoms with van der Waals surface area (Å²) in [6.45, 7) is 8.93. The fourth-order valence-electron chi connectivity index (χ4n) is 4.66. The molecular weight excluding hydrogens is 418 g/mol. The maximum absolute atomic E-state index is 6.39. The lowest BCUT2D eigenvalue weighted by atomic mass is 9.92. The summed E-state index contributed by atoms with van der Waals surface area (Å²) >= 11 is 0. The normalized spacial score (nSPS) is 12.1. The lowest BCUT2D eigenvalue weighted by Crippen LogP contribution is -1.94. The van der Waals surface area contributed by atoms with E-state index in [0.717, 1.165) is 55.5 Å². The Morgan fingerprint density at radius 1 is 0.676 bits per heavy atom. The highest BCUT2D eigenvalue weighted by Gasteiger charge is 2.16. The van der Waals surface area contributed by atoms with E-state index in [9.17, 15) is 0 Å². The van der Waals surface area contributed by atoms with Gasteiger partial charge in [0.2, 0.25) is 0 Å². The Kier molecular flexibility index (Phi) is 4.80. The fourth-order valence-corrected chi connectivity index (χ4v) is 4.66. The largest absolute Gasteiger partial charge is 0.456 e. The number of fused-ring (bicyclic) bond motifs is 4. The summed E-state index contributed by atoms with van der Waals surface area (Å²) in [5.41, 5.74) is 8.16. The van der Waals surface area contributed by atoms with Crippen LogP contribution < -0.4 is 0 Å². The van der Waals surface area contributed by atoms with Gasteiger partial charge < -0.3 is 8.83 Å². The minimum Gasteiger partial charge on any atom is -0.456 e. The lowest BCUT2D eigenvalue weighted by Gasteiger charge is -2.13. The Hall–Kier alpha value is -3.85. The summed E-state index contributed by atoms with van der Waals surface area (Å²) in [6, 6.07) is 25.3. The third kappa shape index (κ3) is 3.40. The van der Waals surface area contributed by atoms with Gasteiger partial charge in [0, 0.05) is 39.5 Å². The Labute approximate surface area is 199 Å². The van der Waals surface area contributed by atoms with Gasteiger partial charge in [-0.2, -0.15) is 0 Å². The van der Waals surface area contributed by atoms with Crippen LogP contribution >= 0.6 is 0 Å². The summed E-state index contributed by atoms with van der Waals surface area (Å²) in [6.07, 6.45) is 1.90. The highest BCUT2D eigenvalue weighted by Crippen LogP contribution is 2.37. The van der Waals surface area contributed by atoms with Gasteiger partial charge >= 0.3 is 0 Å². The molecule has 0 aliphatic rings. The third-order valence-electron chi connectivity index (χ3n) is 6.68. The summed E-state index contributed by atoms with van der Waals surface area (Å²) in [5, 5.41) is 3.21. The van der Waals surface area contributed by atoms with Gasteiger partial charge in [0.05, 0.1) is 5.69 Å². The van der Waals surface area contributed by atoms with E-state index >= 15 is 0 Å². The maximum atomic E-state index is 6.39. The van der Waals surface area contributed by atoms with Gasteiger partial charge in [-0.3, -0.25) is 4.98 Å². The number of hydrogen-bond donors (Lipinski definition) is 0. The zero-order valence-corrected chi connectivity index (χ0v) is 19.9. The van der Waals surface area contributed by atoms with Crippen LogP contribution in [0.5, 0.6) is 0 Å². The second-order valence-corrected chi connectivity index (χ2v) is 9.70. The van der Waals surface area contributed by atoms with Gasteiger partial charge in [-0.15, -0.1) is 0 Å². The molecule has 0 N–H and O–H groups in total. The molecule has 0 spiro atoms. The van der Waals surface area contributed by atoms with Gasteiger partial charge in [0.25, 0.3) is 0 Å². The number of para-hydroxylation sites is 2. The molecule has 3 heterocycles. The van der Waals surface area contributed by atoms with Crippen LogP contribution in [0.25, 0.3) is 55.5 Å². The SMILES string of the molecule is CC(C)c1cc(-c2cc3cnc(-c4cccc5c4oc4ccccc45)cc3o2)cc(C(C)C)c1. The second-order valence-electron chi connectivity index (χ2n) is 9.70. The first-order chi connectivity index (χ1) is 16.5. The van der Waals surface area contributed by atoms with E-state index in [-0.39, 0.29) is 0 Å². The molecule has 0 bridgehead atoms. The fraction of sp³-hybridized carbons (Fsp3) is 0.194. The first kappa shape index (κ1) is 20.7. The lowest BCUT2D eigenvalue weighted by molar-refractivity contribution is 0.631. The first-order valence-corrected chi connectivity index (χ1v) is 11.9. The van der Waals surface area contributed by atoms with Crippen molar-refractivity contribution in [2.75, 3.05) is 0 Å². The number of furan rings is 2. The predicted molar refractivity (Wildman–Crippen MR) is 140 cm³/mol. The van der Waals surface area contributed by atoms with E-state index in [1.165, 1.54) is 11.1 Å². The zero-order valence-electron chi connectivity index (χ0n) is 19.9. The molecule has 0 fully saturated rings. The minimum atomic E-state index is 0.458. The Morgan fingerprint density at radius 2 is 1.41 bits per heavy atom. The van der Waals surface area contributed by atoms with E-state index in [2.05, 4.69) is 76.2 Å². The average molecular weight is 446 g/mol. The molecule has 0 saturated heterocycles. The number of benzene rings is 3. The highest BCUT2D eigenvalue weighted by molar-refractivity contribution is 6.09. The monoisotopic (exact) mass is 445 g/mol. The highest BCUT2D eigenvalue weighted by atomic mass is 16.3. The van der Waals surface area contributed by atoms with Crippen LogP contribution in [0.4, 0.5) is 0 Å². The van der Waals surface area contributed by atoms with E-state index in [0.29, 0.717) is 11.8 Å². The van der Waals surface area contributed by atoms with Crippen molar-refractivity contribution < 1.29 is 8.83 Å². The van der Waals surface area contributed by atoms with Crippen LogP contribution in [0.15, 0.2) is 87.8 Å². The number of nitrogens with zero attached hydrogens (tertiary/aromatic N) is 1. The molecule has 3 aromatic carbocycles. The molecule has 0 saturated carbocycles. The predicted octanol–water partition coefficient (Wildman–Crippen LogP) is 9.31. The van der Waals surface area contributed by atoms with Gasteiger partial charge in [-0.05, 0) is 53.3 Å². The van der Waals surface area contributed by atoms with Gasteiger partial charge in [0.15, 0.2) is 0 Å². The quantitative estimate of drug-likeness (QED) is 0.271. The van der Waals surface area contributed by atoms with Crippen molar-refractivity contribution in [2.24, 2.45) is 0 Å². The first-order valence-electron chi connectivity index (χ1n) is 11.9. The van der Waals surface area contributed by atoms with Crippen LogP contribution in [0.1, 0.15) is 50.7 Å². The molecule has 6 rings (SSSR count). The van der Waals surface area contributed by atoms with Crippen LogP contribution in [0, 0.1) is 0 Å². The summed E-state index contributed by atoms with van der Waals surface area (Å²) in [7, 11) is 0. The molecule has 3 nitrogen and oxygen atoms in total.